The first-order chi connectivity index (χ1) is 13.1. The predicted molar refractivity (Wildman–Crippen MR) is 111 cm³/mol. The molecule has 0 heterocycles. The van der Waals surface area contributed by atoms with Gasteiger partial charge in [-0.05, 0) is 32.1 Å². The molecule has 0 unspecified atom stereocenters. The summed E-state index contributed by atoms with van der Waals surface area (Å²) < 4.78 is 0. The van der Waals surface area contributed by atoms with E-state index < -0.39 is 12.0 Å². The number of carboxylic acids is 1. The van der Waals surface area contributed by atoms with Gasteiger partial charge in [0.05, 0.1) is 0 Å². The van der Waals surface area contributed by atoms with Gasteiger partial charge in [-0.2, -0.15) is 0 Å². The number of aliphatic hydroxyl groups is 1. The number of aliphatic hydroxyl groups excluding tert-OH is 1. The van der Waals surface area contributed by atoms with E-state index in [0.29, 0.717) is 6.42 Å². The van der Waals surface area contributed by atoms with E-state index in [2.05, 4.69) is 24.4 Å². The number of carbonyl (C=O) groups is 2. The van der Waals surface area contributed by atoms with E-state index in [1.165, 1.54) is 57.8 Å². The molecule has 5 heteroatoms. The van der Waals surface area contributed by atoms with Crippen molar-refractivity contribution in [2.45, 2.75) is 109 Å². The molecule has 0 aromatic heterocycles. The average molecular weight is 384 g/mol. The third-order valence-corrected chi connectivity index (χ3v) is 4.72. The maximum Gasteiger partial charge on any atom is 0.326 e. The number of amides is 1. The number of carboxylic acid groups (broad SMARTS) is 1. The molecule has 0 aliphatic carbocycles. The van der Waals surface area contributed by atoms with Crippen LogP contribution in [0.4, 0.5) is 0 Å². The molecule has 0 spiro atoms. The number of hydrogen-bond acceptors (Lipinski definition) is 3. The van der Waals surface area contributed by atoms with Gasteiger partial charge in [-0.1, -0.05) is 70.4 Å². The van der Waals surface area contributed by atoms with Gasteiger partial charge in [-0.25, -0.2) is 4.79 Å². The van der Waals surface area contributed by atoms with Gasteiger partial charge < -0.3 is 15.5 Å². The van der Waals surface area contributed by atoms with Crippen LogP contribution >= 0.6 is 0 Å². The molecule has 27 heavy (non-hydrogen) atoms. The third-order valence-electron chi connectivity index (χ3n) is 4.72. The van der Waals surface area contributed by atoms with Crippen molar-refractivity contribution in [1.82, 2.24) is 5.32 Å². The molecule has 1 amide bonds. The Morgan fingerprint density at radius 3 is 1.89 bits per heavy atom. The zero-order valence-corrected chi connectivity index (χ0v) is 17.3. The zero-order chi connectivity index (χ0) is 20.2. The summed E-state index contributed by atoms with van der Waals surface area (Å²) in [5.74, 6) is -1.34. The maximum absolute atomic E-state index is 11.7. The molecule has 158 valence electrons. The highest BCUT2D eigenvalue weighted by atomic mass is 16.4. The summed E-state index contributed by atoms with van der Waals surface area (Å²) in [6.45, 7) is 2.00. The quantitative estimate of drug-likeness (QED) is 0.217. The fourth-order valence-electron chi connectivity index (χ4n) is 3.01. The van der Waals surface area contributed by atoms with Gasteiger partial charge in [0.2, 0.25) is 5.91 Å². The summed E-state index contributed by atoms with van der Waals surface area (Å²) in [7, 11) is 0. The summed E-state index contributed by atoms with van der Waals surface area (Å²) in [5.41, 5.74) is 0. The first-order valence-corrected chi connectivity index (χ1v) is 10.9. The van der Waals surface area contributed by atoms with Gasteiger partial charge in [0.25, 0.3) is 0 Å². The molecule has 0 aliphatic rings. The van der Waals surface area contributed by atoms with Crippen LogP contribution < -0.4 is 5.32 Å². The topological polar surface area (TPSA) is 86.6 Å². The number of rotatable bonds is 19. The molecule has 0 radical (unpaired) electrons. The Morgan fingerprint density at radius 2 is 1.37 bits per heavy atom. The normalized spacial score (nSPS) is 12.4. The van der Waals surface area contributed by atoms with E-state index in [1.807, 2.05) is 0 Å². The van der Waals surface area contributed by atoms with E-state index in [-0.39, 0.29) is 18.9 Å². The van der Waals surface area contributed by atoms with Crippen LogP contribution in [0.3, 0.4) is 0 Å². The minimum absolute atomic E-state index is 0.0491. The lowest BCUT2D eigenvalue weighted by molar-refractivity contribution is -0.142. The van der Waals surface area contributed by atoms with Crippen molar-refractivity contribution in [3.63, 3.8) is 0 Å². The molecule has 0 bridgehead atoms. The highest BCUT2D eigenvalue weighted by molar-refractivity contribution is 5.83. The summed E-state index contributed by atoms with van der Waals surface area (Å²) in [6.07, 6.45) is 20.7. The first-order valence-electron chi connectivity index (χ1n) is 10.9. The number of unbranched alkanes of at least 4 members (excludes halogenated alkanes) is 11. The van der Waals surface area contributed by atoms with Crippen LogP contribution in [0.1, 0.15) is 103 Å². The lowest BCUT2D eigenvalue weighted by Crippen LogP contribution is -2.41. The number of nitrogens with one attached hydrogen (secondary N) is 1. The van der Waals surface area contributed by atoms with Gasteiger partial charge in [-0.3, -0.25) is 4.79 Å². The van der Waals surface area contributed by atoms with E-state index >= 15 is 0 Å². The monoisotopic (exact) mass is 383 g/mol. The summed E-state index contributed by atoms with van der Waals surface area (Å²) in [6, 6.07) is -0.981. The second kappa shape index (κ2) is 19.4. The molecule has 5 nitrogen and oxygen atoms in total. The van der Waals surface area contributed by atoms with Gasteiger partial charge in [0.15, 0.2) is 0 Å². The second-order valence-corrected chi connectivity index (χ2v) is 7.30. The predicted octanol–water partition coefficient (Wildman–Crippen LogP) is 4.98. The molecule has 0 saturated carbocycles. The minimum Gasteiger partial charge on any atom is -0.480 e. The smallest absolute Gasteiger partial charge is 0.326 e. The Labute approximate surface area is 165 Å². The standard InChI is InChI=1S/C22H41NO4/c1-2-3-4-5-6-7-8-9-10-11-12-13-14-15-16-17-21(25)23-20(18-19-24)22(26)27/h9-10,20,24H,2-8,11-19H2,1H3,(H,23,25)(H,26,27)/t20-/m0/s1. The molecule has 0 aromatic rings. The summed E-state index contributed by atoms with van der Waals surface area (Å²) >= 11 is 0. The van der Waals surface area contributed by atoms with Crippen LogP contribution in [0.25, 0.3) is 0 Å². The number of carbonyl (C=O) groups excluding carboxylic acids is 1. The van der Waals surface area contributed by atoms with Crippen molar-refractivity contribution >= 4 is 11.9 Å². The lowest BCUT2D eigenvalue weighted by Gasteiger charge is -2.12. The van der Waals surface area contributed by atoms with Crippen LogP contribution in [-0.4, -0.2) is 34.7 Å². The Hall–Kier alpha value is -1.36. The molecule has 1 atom stereocenters. The first kappa shape index (κ1) is 25.6. The van der Waals surface area contributed by atoms with Crippen LogP contribution in [-0.2, 0) is 9.59 Å². The van der Waals surface area contributed by atoms with E-state index in [4.69, 9.17) is 10.2 Å². The molecule has 3 N–H and O–H groups in total. The highest BCUT2D eigenvalue weighted by Crippen LogP contribution is 2.10. The Morgan fingerprint density at radius 1 is 0.852 bits per heavy atom. The van der Waals surface area contributed by atoms with Crippen LogP contribution in [0, 0.1) is 0 Å². The molecular formula is C22H41NO4. The maximum atomic E-state index is 11.7. The van der Waals surface area contributed by atoms with Crippen molar-refractivity contribution in [1.29, 1.82) is 0 Å². The van der Waals surface area contributed by atoms with Crippen molar-refractivity contribution in [3.05, 3.63) is 12.2 Å². The fourth-order valence-corrected chi connectivity index (χ4v) is 3.01. The number of hydrogen-bond donors (Lipinski definition) is 3. The van der Waals surface area contributed by atoms with Gasteiger partial charge in [0.1, 0.15) is 6.04 Å². The Kier molecular flexibility index (Phi) is 18.4. The van der Waals surface area contributed by atoms with Crippen molar-refractivity contribution in [3.8, 4) is 0 Å². The summed E-state index contributed by atoms with van der Waals surface area (Å²) in [5, 5.41) is 20.2. The van der Waals surface area contributed by atoms with Crippen LogP contribution in [0.15, 0.2) is 12.2 Å². The van der Waals surface area contributed by atoms with Crippen molar-refractivity contribution in [2.75, 3.05) is 6.61 Å². The zero-order valence-electron chi connectivity index (χ0n) is 17.3. The second-order valence-electron chi connectivity index (χ2n) is 7.30. The highest BCUT2D eigenvalue weighted by Gasteiger charge is 2.18. The van der Waals surface area contributed by atoms with Crippen molar-refractivity contribution < 1.29 is 19.8 Å². The molecular weight excluding hydrogens is 342 g/mol. The van der Waals surface area contributed by atoms with Crippen molar-refractivity contribution in [2.24, 2.45) is 0 Å². The van der Waals surface area contributed by atoms with Crippen LogP contribution in [0.2, 0.25) is 0 Å². The molecule has 0 aliphatic heterocycles. The fraction of sp³-hybridized carbons (Fsp3) is 0.818. The van der Waals surface area contributed by atoms with E-state index in [1.54, 1.807) is 0 Å². The minimum atomic E-state index is -1.10. The molecule has 0 fully saturated rings. The molecule has 0 rings (SSSR count). The molecule has 0 aromatic carbocycles. The summed E-state index contributed by atoms with van der Waals surface area (Å²) in [4.78, 5) is 22.6. The number of aliphatic carboxylic acids is 1. The number of allylic oxidation sites excluding steroid dienone is 2. The SMILES string of the molecule is CCCCCCCCC=CCCCCCCCC(=O)N[C@@H](CCO)C(=O)O. The van der Waals surface area contributed by atoms with Gasteiger partial charge >= 0.3 is 5.97 Å². The lowest BCUT2D eigenvalue weighted by atomic mass is 10.1. The van der Waals surface area contributed by atoms with E-state index in [9.17, 15) is 9.59 Å². The third kappa shape index (κ3) is 17.8. The van der Waals surface area contributed by atoms with Gasteiger partial charge in [-0.15, -0.1) is 0 Å². The van der Waals surface area contributed by atoms with E-state index in [0.717, 1.165) is 25.7 Å². The average Bonchev–Trinajstić information content (AvgIpc) is 2.64. The Bertz CT molecular complexity index is 396. The Balaban J connectivity index is 3.42. The van der Waals surface area contributed by atoms with Gasteiger partial charge in [0, 0.05) is 19.4 Å². The van der Waals surface area contributed by atoms with Crippen LogP contribution in [0.5, 0.6) is 0 Å². The largest absolute Gasteiger partial charge is 0.480 e. The molecule has 0 saturated heterocycles.